The highest BCUT2D eigenvalue weighted by atomic mass is 32.2. The van der Waals surface area contributed by atoms with E-state index in [2.05, 4.69) is 5.32 Å². The van der Waals surface area contributed by atoms with E-state index >= 15 is 0 Å². The van der Waals surface area contributed by atoms with Crippen LogP contribution >= 0.6 is 0 Å². The van der Waals surface area contributed by atoms with Gasteiger partial charge in [0.1, 0.15) is 12.6 Å². The molecule has 3 aromatic rings. The number of carbonyl (C=O) groups excluding carboxylic acids is 2. The lowest BCUT2D eigenvalue weighted by atomic mass is 10.1. The Bertz CT molecular complexity index is 1260. The number of sulfonamides is 1. The maximum Gasteiger partial charge on any atom is 0.264 e. The summed E-state index contributed by atoms with van der Waals surface area (Å²) < 4.78 is 28.6. The molecule has 0 aromatic heterocycles. The molecule has 3 aromatic carbocycles. The van der Waals surface area contributed by atoms with E-state index in [4.69, 9.17) is 0 Å². The van der Waals surface area contributed by atoms with Crippen molar-refractivity contribution >= 4 is 27.5 Å². The molecule has 1 atom stereocenters. The van der Waals surface area contributed by atoms with Crippen LogP contribution in [0.2, 0.25) is 0 Å². The third-order valence-electron chi connectivity index (χ3n) is 6.06. The standard InChI is InChI=1S/C29H35N3O4S/c1-4-20-30-29(34)27(5-2)31(21-24-12-8-6-9-13-24)28(33)22-32(25-14-10-7-11-15-25)37(35,36)26-18-16-23(3)17-19-26/h6-19,27H,4-5,20-22H2,1-3H3,(H,30,34). The molecule has 8 heteroatoms. The van der Waals surface area contributed by atoms with Crippen LogP contribution in [0.5, 0.6) is 0 Å². The van der Waals surface area contributed by atoms with Crippen LogP contribution in [0, 0.1) is 6.92 Å². The van der Waals surface area contributed by atoms with Gasteiger partial charge in [-0.05, 0) is 49.6 Å². The Labute approximate surface area is 220 Å². The molecule has 0 saturated heterocycles. The van der Waals surface area contributed by atoms with Gasteiger partial charge in [0.15, 0.2) is 0 Å². The number of benzene rings is 3. The molecule has 0 aliphatic carbocycles. The van der Waals surface area contributed by atoms with Gasteiger partial charge in [0.25, 0.3) is 10.0 Å². The van der Waals surface area contributed by atoms with E-state index in [0.29, 0.717) is 18.7 Å². The topological polar surface area (TPSA) is 86.8 Å². The quantitative estimate of drug-likeness (QED) is 0.380. The number of hydrogen-bond acceptors (Lipinski definition) is 4. The third kappa shape index (κ3) is 7.20. The van der Waals surface area contributed by atoms with Gasteiger partial charge in [0, 0.05) is 13.1 Å². The molecule has 0 heterocycles. The van der Waals surface area contributed by atoms with Crippen LogP contribution in [0.3, 0.4) is 0 Å². The van der Waals surface area contributed by atoms with Crippen molar-refractivity contribution in [1.29, 1.82) is 0 Å². The molecule has 0 fully saturated rings. The fourth-order valence-corrected chi connectivity index (χ4v) is 5.44. The minimum Gasteiger partial charge on any atom is -0.354 e. The normalized spacial score (nSPS) is 12.0. The lowest BCUT2D eigenvalue weighted by Gasteiger charge is -2.33. The Morgan fingerprint density at radius 1 is 0.865 bits per heavy atom. The van der Waals surface area contributed by atoms with Crippen LogP contribution in [-0.4, -0.2) is 44.3 Å². The lowest BCUT2D eigenvalue weighted by molar-refractivity contribution is -0.140. The number of nitrogens with one attached hydrogen (secondary N) is 1. The molecule has 3 rings (SSSR count). The summed E-state index contributed by atoms with van der Waals surface area (Å²) in [7, 11) is -4.05. The molecular weight excluding hydrogens is 486 g/mol. The Morgan fingerprint density at radius 2 is 1.46 bits per heavy atom. The number of amides is 2. The molecule has 0 aliphatic heterocycles. The summed E-state index contributed by atoms with van der Waals surface area (Å²) in [4.78, 5) is 28.5. The van der Waals surface area contributed by atoms with E-state index in [1.165, 1.54) is 4.90 Å². The number of rotatable bonds is 12. The average Bonchev–Trinajstić information content (AvgIpc) is 2.91. The highest BCUT2D eigenvalue weighted by Gasteiger charge is 2.33. The Kier molecular flexibility index (Phi) is 9.85. The SMILES string of the molecule is CCCNC(=O)C(CC)N(Cc1ccccc1)C(=O)CN(c1ccccc1)S(=O)(=O)c1ccc(C)cc1. The van der Waals surface area contributed by atoms with Gasteiger partial charge in [-0.1, -0.05) is 80.1 Å². The van der Waals surface area contributed by atoms with Crippen molar-refractivity contribution in [3.05, 3.63) is 96.1 Å². The van der Waals surface area contributed by atoms with Crippen LogP contribution in [0.25, 0.3) is 0 Å². The van der Waals surface area contributed by atoms with Gasteiger partial charge in [-0.25, -0.2) is 8.42 Å². The van der Waals surface area contributed by atoms with Gasteiger partial charge in [0.05, 0.1) is 10.6 Å². The molecule has 0 aliphatic rings. The maximum atomic E-state index is 13.9. The van der Waals surface area contributed by atoms with Gasteiger partial charge >= 0.3 is 0 Å². The zero-order valence-electron chi connectivity index (χ0n) is 21.6. The molecule has 0 spiro atoms. The van der Waals surface area contributed by atoms with E-state index in [1.54, 1.807) is 54.6 Å². The number of carbonyl (C=O) groups is 2. The fraction of sp³-hybridized carbons (Fsp3) is 0.310. The minimum atomic E-state index is -4.05. The fourth-order valence-electron chi connectivity index (χ4n) is 4.03. The van der Waals surface area contributed by atoms with Gasteiger partial charge in [-0.2, -0.15) is 0 Å². The van der Waals surface area contributed by atoms with Crippen molar-refractivity contribution in [1.82, 2.24) is 10.2 Å². The number of nitrogens with zero attached hydrogens (tertiary/aromatic N) is 2. The van der Waals surface area contributed by atoms with Gasteiger partial charge in [-0.3, -0.25) is 13.9 Å². The smallest absolute Gasteiger partial charge is 0.264 e. The maximum absolute atomic E-state index is 13.9. The first-order chi connectivity index (χ1) is 17.8. The van der Waals surface area contributed by atoms with E-state index < -0.39 is 28.5 Å². The van der Waals surface area contributed by atoms with Crippen molar-refractivity contribution < 1.29 is 18.0 Å². The molecule has 0 saturated carbocycles. The highest BCUT2D eigenvalue weighted by molar-refractivity contribution is 7.92. The summed E-state index contributed by atoms with van der Waals surface area (Å²) in [6.45, 7) is 5.93. The Balaban J connectivity index is 2.01. The zero-order chi connectivity index (χ0) is 26.8. The molecule has 196 valence electrons. The second-order valence-electron chi connectivity index (χ2n) is 8.88. The number of anilines is 1. The number of para-hydroxylation sites is 1. The van der Waals surface area contributed by atoms with Crippen LogP contribution < -0.4 is 9.62 Å². The first kappa shape index (κ1) is 27.9. The molecule has 1 unspecified atom stereocenters. The van der Waals surface area contributed by atoms with Crippen molar-refractivity contribution in [2.24, 2.45) is 0 Å². The predicted molar refractivity (Wildman–Crippen MR) is 147 cm³/mol. The van der Waals surface area contributed by atoms with Crippen LogP contribution in [0.4, 0.5) is 5.69 Å². The van der Waals surface area contributed by atoms with Crippen molar-refractivity contribution in [3.63, 3.8) is 0 Å². The summed E-state index contributed by atoms with van der Waals surface area (Å²) in [5.74, 6) is -0.705. The second kappa shape index (κ2) is 13.1. The predicted octanol–water partition coefficient (Wildman–Crippen LogP) is 4.52. The summed E-state index contributed by atoms with van der Waals surface area (Å²) in [6.07, 6.45) is 1.16. The number of aryl methyl sites for hydroxylation is 1. The summed E-state index contributed by atoms with van der Waals surface area (Å²) in [5.41, 5.74) is 2.16. The summed E-state index contributed by atoms with van der Waals surface area (Å²) >= 11 is 0. The van der Waals surface area contributed by atoms with Gasteiger partial charge in [-0.15, -0.1) is 0 Å². The van der Waals surface area contributed by atoms with Crippen molar-refractivity contribution in [2.45, 2.75) is 51.1 Å². The molecule has 37 heavy (non-hydrogen) atoms. The largest absolute Gasteiger partial charge is 0.354 e. The van der Waals surface area contributed by atoms with Crippen LogP contribution in [-0.2, 0) is 26.2 Å². The minimum absolute atomic E-state index is 0.0945. The summed E-state index contributed by atoms with van der Waals surface area (Å²) in [5, 5.41) is 2.89. The van der Waals surface area contributed by atoms with Crippen LogP contribution in [0.1, 0.15) is 37.8 Å². The van der Waals surface area contributed by atoms with E-state index in [1.807, 2.05) is 51.1 Å². The molecule has 0 radical (unpaired) electrons. The average molecular weight is 522 g/mol. The highest BCUT2D eigenvalue weighted by Crippen LogP contribution is 2.25. The van der Waals surface area contributed by atoms with Crippen LogP contribution in [0.15, 0.2) is 89.8 Å². The monoisotopic (exact) mass is 521 g/mol. The second-order valence-corrected chi connectivity index (χ2v) is 10.7. The van der Waals surface area contributed by atoms with Gasteiger partial charge < -0.3 is 10.2 Å². The molecule has 1 N–H and O–H groups in total. The van der Waals surface area contributed by atoms with E-state index in [9.17, 15) is 18.0 Å². The third-order valence-corrected chi connectivity index (χ3v) is 7.85. The first-order valence-corrected chi connectivity index (χ1v) is 14.0. The summed E-state index contributed by atoms with van der Waals surface area (Å²) in [6, 6.07) is 23.7. The molecule has 2 amide bonds. The molecular formula is C29H35N3O4S. The molecule has 7 nitrogen and oxygen atoms in total. The van der Waals surface area contributed by atoms with Gasteiger partial charge in [0.2, 0.25) is 11.8 Å². The number of hydrogen-bond donors (Lipinski definition) is 1. The first-order valence-electron chi connectivity index (χ1n) is 12.5. The van der Waals surface area contributed by atoms with E-state index in [-0.39, 0.29) is 17.3 Å². The molecule has 0 bridgehead atoms. The Hall–Kier alpha value is -3.65. The van der Waals surface area contributed by atoms with E-state index in [0.717, 1.165) is 21.9 Å². The van der Waals surface area contributed by atoms with Crippen molar-refractivity contribution in [2.75, 3.05) is 17.4 Å². The van der Waals surface area contributed by atoms with Crippen molar-refractivity contribution in [3.8, 4) is 0 Å². The zero-order valence-corrected chi connectivity index (χ0v) is 22.4. The lowest BCUT2D eigenvalue weighted by Crippen LogP contribution is -2.52. The Morgan fingerprint density at radius 3 is 2.03 bits per heavy atom.